The fourth-order valence-electron chi connectivity index (χ4n) is 2.36. The molecule has 23 heavy (non-hydrogen) atoms. The van der Waals surface area contributed by atoms with Crippen LogP contribution in [0.1, 0.15) is 31.0 Å². The van der Waals surface area contributed by atoms with Crippen molar-refractivity contribution in [1.82, 2.24) is 9.38 Å². The van der Waals surface area contributed by atoms with Crippen molar-refractivity contribution in [3.63, 3.8) is 0 Å². The Morgan fingerprint density at radius 1 is 1.17 bits per heavy atom. The Kier molecular flexibility index (Phi) is 3.82. The SMILES string of the molecule is Cc1cc(O)ccc1N=Nc1c(C(C)C)nc2ccc(F)cn12. The van der Waals surface area contributed by atoms with Gasteiger partial charge in [0.1, 0.15) is 17.2 Å². The highest BCUT2D eigenvalue weighted by molar-refractivity contribution is 5.54. The summed E-state index contributed by atoms with van der Waals surface area (Å²) in [5, 5.41) is 18.0. The number of aryl methyl sites for hydroxylation is 1. The summed E-state index contributed by atoms with van der Waals surface area (Å²) in [6.45, 7) is 5.84. The molecule has 1 aromatic carbocycles. The molecule has 2 heterocycles. The number of phenolic OH excluding ortho intramolecular Hbond substituents is 1. The summed E-state index contributed by atoms with van der Waals surface area (Å²) < 4.78 is 15.2. The molecule has 0 fully saturated rings. The summed E-state index contributed by atoms with van der Waals surface area (Å²) >= 11 is 0. The first-order valence-corrected chi connectivity index (χ1v) is 7.34. The number of benzene rings is 1. The van der Waals surface area contributed by atoms with Gasteiger partial charge in [0.15, 0.2) is 5.82 Å². The number of hydrogen-bond acceptors (Lipinski definition) is 4. The maximum absolute atomic E-state index is 13.6. The van der Waals surface area contributed by atoms with Gasteiger partial charge in [-0.25, -0.2) is 9.37 Å². The fraction of sp³-hybridized carbons (Fsp3) is 0.235. The minimum atomic E-state index is -0.359. The van der Waals surface area contributed by atoms with Crippen LogP contribution in [-0.4, -0.2) is 14.5 Å². The average Bonchev–Trinajstić information content (AvgIpc) is 2.84. The minimum Gasteiger partial charge on any atom is -0.508 e. The maximum Gasteiger partial charge on any atom is 0.183 e. The van der Waals surface area contributed by atoms with Gasteiger partial charge in [0, 0.05) is 6.20 Å². The molecule has 0 radical (unpaired) electrons. The molecule has 0 saturated carbocycles. The molecule has 5 nitrogen and oxygen atoms in total. The van der Waals surface area contributed by atoms with E-state index in [0.717, 1.165) is 11.3 Å². The zero-order valence-electron chi connectivity index (χ0n) is 13.2. The van der Waals surface area contributed by atoms with E-state index in [1.54, 1.807) is 28.7 Å². The first kappa shape index (κ1) is 15.1. The summed E-state index contributed by atoms with van der Waals surface area (Å²) in [5.74, 6) is 0.471. The van der Waals surface area contributed by atoms with Crippen molar-refractivity contribution in [2.45, 2.75) is 26.7 Å². The monoisotopic (exact) mass is 312 g/mol. The molecule has 118 valence electrons. The van der Waals surface area contributed by atoms with Crippen molar-refractivity contribution in [3.8, 4) is 5.75 Å². The number of azo groups is 1. The number of hydrogen-bond donors (Lipinski definition) is 1. The van der Waals surface area contributed by atoms with E-state index in [1.165, 1.54) is 12.3 Å². The van der Waals surface area contributed by atoms with Crippen LogP contribution in [-0.2, 0) is 0 Å². The van der Waals surface area contributed by atoms with Crippen LogP contribution >= 0.6 is 0 Å². The maximum atomic E-state index is 13.6. The van der Waals surface area contributed by atoms with Crippen LogP contribution in [0.5, 0.6) is 5.75 Å². The van der Waals surface area contributed by atoms with Crippen LogP contribution in [0.4, 0.5) is 15.9 Å². The molecule has 0 atom stereocenters. The van der Waals surface area contributed by atoms with Crippen LogP contribution in [0.25, 0.3) is 5.65 Å². The number of pyridine rings is 1. The van der Waals surface area contributed by atoms with Gasteiger partial charge in [-0.2, -0.15) is 0 Å². The van der Waals surface area contributed by atoms with E-state index in [0.29, 0.717) is 17.2 Å². The molecule has 6 heteroatoms. The van der Waals surface area contributed by atoms with Crippen molar-refractivity contribution in [2.75, 3.05) is 0 Å². The lowest BCUT2D eigenvalue weighted by Crippen LogP contribution is -1.88. The van der Waals surface area contributed by atoms with E-state index in [4.69, 9.17) is 0 Å². The van der Waals surface area contributed by atoms with Crippen molar-refractivity contribution in [3.05, 3.63) is 53.6 Å². The Morgan fingerprint density at radius 2 is 1.96 bits per heavy atom. The molecule has 0 saturated heterocycles. The third-order valence-corrected chi connectivity index (χ3v) is 3.56. The second kappa shape index (κ2) is 5.79. The van der Waals surface area contributed by atoms with Crippen LogP contribution in [0, 0.1) is 12.7 Å². The lowest BCUT2D eigenvalue weighted by atomic mass is 10.1. The van der Waals surface area contributed by atoms with Crippen LogP contribution in [0.2, 0.25) is 0 Å². The van der Waals surface area contributed by atoms with E-state index in [1.807, 2.05) is 20.8 Å². The summed E-state index contributed by atoms with van der Waals surface area (Å²) in [4.78, 5) is 4.50. The normalized spacial score (nSPS) is 11.9. The number of rotatable bonds is 3. The summed E-state index contributed by atoms with van der Waals surface area (Å²) in [6, 6.07) is 7.85. The highest BCUT2D eigenvalue weighted by Crippen LogP contribution is 2.31. The molecule has 0 aliphatic heterocycles. The van der Waals surface area contributed by atoms with Gasteiger partial charge >= 0.3 is 0 Å². The number of aromatic hydroxyl groups is 1. The summed E-state index contributed by atoms with van der Waals surface area (Å²) in [6.07, 6.45) is 1.35. The average molecular weight is 312 g/mol. The Balaban J connectivity index is 2.12. The second-order valence-corrected chi connectivity index (χ2v) is 5.72. The Labute approximate surface area is 133 Å². The highest BCUT2D eigenvalue weighted by Gasteiger charge is 2.15. The van der Waals surface area contributed by atoms with Gasteiger partial charge in [-0.3, -0.25) is 4.40 Å². The Bertz CT molecular complexity index is 899. The minimum absolute atomic E-state index is 0.132. The highest BCUT2D eigenvalue weighted by atomic mass is 19.1. The van der Waals surface area contributed by atoms with Gasteiger partial charge in [0.2, 0.25) is 0 Å². The molecule has 0 amide bonds. The van der Waals surface area contributed by atoms with E-state index in [2.05, 4.69) is 15.2 Å². The van der Waals surface area contributed by atoms with Crippen molar-refractivity contribution >= 4 is 17.2 Å². The van der Waals surface area contributed by atoms with Crippen molar-refractivity contribution in [2.24, 2.45) is 10.2 Å². The number of imidazole rings is 1. The van der Waals surface area contributed by atoms with Gasteiger partial charge in [-0.05, 0) is 48.7 Å². The molecule has 0 bridgehead atoms. The molecule has 0 unspecified atom stereocenters. The van der Waals surface area contributed by atoms with Crippen LogP contribution < -0.4 is 0 Å². The lowest BCUT2D eigenvalue weighted by Gasteiger charge is -2.03. The lowest BCUT2D eigenvalue weighted by molar-refractivity contribution is 0.475. The fourth-order valence-corrected chi connectivity index (χ4v) is 2.36. The van der Waals surface area contributed by atoms with E-state index >= 15 is 0 Å². The predicted molar refractivity (Wildman–Crippen MR) is 86.3 cm³/mol. The third-order valence-electron chi connectivity index (χ3n) is 3.56. The molecular weight excluding hydrogens is 295 g/mol. The van der Waals surface area contributed by atoms with Crippen molar-refractivity contribution < 1.29 is 9.50 Å². The van der Waals surface area contributed by atoms with E-state index < -0.39 is 0 Å². The van der Waals surface area contributed by atoms with E-state index in [9.17, 15) is 9.50 Å². The zero-order chi connectivity index (χ0) is 16.6. The third kappa shape index (κ3) is 2.92. The second-order valence-electron chi connectivity index (χ2n) is 5.72. The van der Waals surface area contributed by atoms with Gasteiger partial charge in [0.25, 0.3) is 0 Å². The number of halogens is 1. The predicted octanol–water partition coefficient (Wildman–Crippen LogP) is 5.03. The van der Waals surface area contributed by atoms with Gasteiger partial charge in [-0.15, -0.1) is 10.2 Å². The van der Waals surface area contributed by atoms with Crippen LogP contribution in [0.3, 0.4) is 0 Å². The molecule has 0 aliphatic rings. The standard InChI is InChI=1S/C17H17FN4O/c1-10(2)16-17(22-9-12(18)4-7-15(22)19-16)21-20-14-6-5-13(23)8-11(14)3/h4-10,23H,1-3H3. The van der Waals surface area contributed by atoms with Gasteiger partial charge in [0.05, 0.1) is 11.4 Å². The number of phenols is 1. The smallest absolute Gasteiger partial charge is 0.183 e. The van der Waals surface area contributed by atoms with Gasteiger partial charge < -0.3 is 5.11 Å². The molecule has 3 rings (SSSR count). The summed E-state index contributed by atoms with van der Waals surface area (Å²) in [7, 11) is 0. The number of fused-ring (bicyclic) bond motifs is 1. The Morgan fingerprint density at radius 3 is 2.65 bits per heavy atom. The zero-order valence-corrected chi connectivity index (χ0v) is 13.2. The number of aromatic nitrogens is 2. The largest absolute Gasteiger partial charge is 0.508 e. The van der Waals surface area contributed by atoms with Crippen LogP contribution in [0.15, 0.2) is 46.8 Å². The molecule has 0 aliphatic carbocycles. The van der Waals surface area contributed by atoms with Crippen molar-refractivity contribution in [1.29, 1.82) is 0 Å². The summed E-state index contributed by atoms with van der Waals surface area (Å²) in [5.41, 5.74) is 2.84. The first-order valence-electron chi connectivity index (χ1n) is 7.34. The number of nitrogens with zero attached hydrogens (tertiary/aromatic N) is 4. The Hall–Kier alpha value is -2.76. The molecule has 0 spiro atoms. The quantitative estimate of drug-likeness (QED) is 0.690. The molecule has 3 aromatic rings. The first-order chi connectivity index (χ1) is 11.0. The van der Waals surface area contributed by atoms with Gasteiger partial charge in [-0.1, -0.05) is 13.8 Å². The molecule has 1 N–H and O–H groups in total. The molecule has 2 aromatic heterocycles. The molecular formula is C17H17FN4O. The topological polar surface area (TPSA) is 62.2 Å². The van der Waals surface area contributed by atoms with E-state index in [-0.39, 0.29) is 17.5 Å².